The summed E-state index contributed by atoms with van der Waals surface area (Å²) in [5.74, 6) is 0.0172. The van der Waals surface area contributed by atoms with Gasteiger partial charge in [-0.05, 0) is 18.9 Å². The van der Waals surface area contributed by atoms with Crippen LogP contribution in [0.15, 0.2) is 29.4 Å². The lowest BCUT2D eigenvalue weighted by molar-refractivity contribution is -0.131. The summed E-state index contributed by atoms with van der Waals surface area (Å²) >= 11 is 0. The van der Waals surface area contributed by atoms with Crippen molar-refractivity contribution in [1.29, 1.82) is 0 Å². The van der Waals surface area contributed by atoms with E-state index in [2.05, 4.69) is 5.16 Å². The Hall–Kier alpha value is -2.24. The quantitative estimate of drug-likeness (QED) is 0.331. The number of hydrogen-bond acceptors (Lipinski definition) is 4. The lowest BCUT2D eigenvalue weighted by Crippen LogP contribution is -2.45. The Morgan fingerprint density at radius 3 is 2.62 bits per heavy atom. The van der Waals surface area contributed by atoms with Crippen LogP contribution >= 0.6 is 0 Å². The van der Waals surface area contributed by atoms with Gasteiger partial charge in [0.05, 0.1) is 13.0 Å². The third kappa shape index (κ3) is 3.87. The van der Waals surface area contributed by atoms with Gasteiger partial charge < -0.3 is 20.9 Å². The molecule has 0 radical (unpaired) electrons. The highest BCUT2D eigenvalue weighted by molar-refractivity contribution is 5.88. The minimum atomic E-state index is -0.116. The first-order valence-corrected chi connectivity index (χ1v) is 7.14. The minimum absolute atomic E-state index is 0.0209. The molecule has 1 amide bonds. The second-order valence-electron chi connectivity index (χ2n) is 5.36. The molecule has 4 N–H and O–H groups in total. The molecule has 0 aliphatic heterocycles. The molecule has 0 spiro atoms. The van der Waals surface area contributed by atoms with Crippen LogP contribution in [0.2, 0.25) is 0 Å². The van der Waals surface area contributed by atoms with E-state index in [1.807, 2.05) is 0 Å². The van der Waals surface area contributed by atoms with E-state index in [-0.39, 0.29) is 36.5 Å². The first-order valence-electron chi connectivity index (χ1n) is 7.14. The first kappa shape index (κ1) is 15.2. The molecule has 0 heterocycles. The van der Waals surface area contributed by atoms with Gasteiger partial charge in [-0.2, -0.15) is 0 Å². The van der Waals surface area contributed by atoms with E-state index in [1.165, 1.54) is 0 Å². The Morgan fingerprint density at radius 1 is 1.33 bits per heavy atom. The van der Waals surface area contributed by atoms with Crippen LogP contribution < -0.4 is 5.73 Å². The predicted octanol–water partition coefficient (Wildman–Crippen LogP) is 1.45. The fraction of sp³-hybridized carbons (Fsp3) is 0.467. The summed E-state index contributed by atoms with van der Waals surface area (Å²) in [4.78, 5) is 14.2. The van der Waals surface area contributed by atoms with Gasteiger partial charge in [-0.3, -0.25) is 4.79 Å². The number of amides is 1. The number of nitrogens with two attached hydrogens (primary N) is 1. The van der Waals surface area contributed by atoms with Crippen molar-refractivity contribution in [3.63, 3.8) is 0 Å². The molecule has 1 aliphatic carbocycles. The highest BCUT2D eigenvalue weighted by Crippen LogP contribution is 2.25. The SMILES string of the molecule is N/C(CN(C(=O)Cc1ccccc1O)C1CCCC1)=N/O. The van der Waals surface area contributed by atoms with Gasteiger partial charge >= 0.3 is 0 Å². The Morgan fingerprint density at radius 2 is 2.00 bits per heavy atom. The fourth-order valence-corrected chi connectivity index (χ4v) is 2.77. The second-order valence-corrected chi connectivity index (χ2v) is 5.36. The molecule has 1 fully saturated rings. The lowest BCUT2D eigenvalue weighted by atomic mass is 10.1. The number of phenols is 1. The smallest absolute Gasteiger partial charge is 0.227 e. The minimum Gasteiger partial charge on any atom is -0.508 e. The van der Waals surface area contributed by atoms with Crippen LogP contribution in [0.1, 0.15) is 31.2 Å². The van der Waals surface area contributed by atoms with E-state index in [1.54, 1.807) is 29.2 Å². The normalized spacial score (nSPS) is 16.1. The number of aromatic hydroxyl groups is 1. The summed E-state index contributed by atoms with van der Waals surface area (Å²) < 4.78 is 0. The van der Waals surface area contributed by atoms with Gasteiger partial charge in [0.15, 0.2) is 5.84 Å². The van der Waals surface area contributed by atoms with Crippen LogP contribution in [0, 0.1) is 0 Å². The molecule has 2 rings (SSSR count). The molecule has 0 unspecified atom stereocenters. The van der Waals surface area contributed by atoms with E-state index in [9.17, 15) is 9.90 Å². The summed E-state index contributed by atoms with van der Waals surface area (Å²) in [6.07, 6.45) is 4.15. The molecule has 6 heteroatoms. The van der Waals surface area contributed by atoms with Gasteiger partial charge in [-0.15, -0.1) is 0 Å². The van der Waals surface area contributed by atoms with Gasteiger partial charge in [-0.25, -0.2) is 0 Å². The van der Waals surface area contributed by atoms with Gasteiger partial charge in [0.2, 0.25) is 5.91 Å². The zero-order valence-corrected chi connectivity index (χ0v) is 11.9. The number of oxime groups is 1. The number of benzene rings is 1. The third-order valence-electron chi connectivity index (χ3n) is 3.88. The molecule has 114 valence electrons. The second kappa shape index (κ2) is 6.97. The molecule has 1 aromatic rings. The van der Waals surface area contributed by atoms with Crippen molar-refractivity contribution in [2.24, 2.45) is 10.9 Å². The van der Waals surface area contributed by atoms with Crippen molar-refractivity contribution < 1.29 is 15.1 Å². The highest BCUT2D eigenvalue weighted by atomic mass is 16.4. The molecule has 1 aliphatic rings. The number of hydrogen-bond donors (Lipinski definition) is 3. The number of carbonyl (C=O) groups is 1. The number of rotatable bonds is 5. The average Bonchev–Trinajstić information content (AvgIpc) is 3.00. The van der Waals surface area contributed by atoms with E-state index >= 15 is 0 Å². The van der Waals surface area contributed by atoms with E-state index in [4.69, 9.17) is 10.9 Å². The van der Waals surface area contributed by atoms with Crippen LogP contribution in [-0.2, 0) is 11.2 Å². The zero-order valence-electron chi connectivity index (χ0n) is 11.9. The van der Waals surface area contributed by atoms with Crippen LogP contribution in [0.4, 0.5) is 0 Å². The first-order chi connectivity index (χ1) is 10.1. The molecule has 6 nitrogen and oxygen atoms in total. The van der Waals surface area contributed by atoms with Crippen LogP contribution in [0.25, 0.3) is 0 Å². The number of carbonyl (C=O) groups excluding carboxylic acids is 1. The summed E-state index contributed by atoms with van der Waals surface area (Å²) in [6, 6.07) is 6.92. The molecule has 0 aromatic heterocycles. The fourth-order valence-electron chi connectivity index (χ4n) is 2.77. The van der Waals surface area contributed by atoms with Crippen LogP contribution in [-0.4, -0.2) is 39.5 Å². The van der Waals surface area contributed by atoms with Crippen molar-refractivity contribution in [2.45, 2.75) is 38.1 Å². The Balaban J connectivity index is 2.11. The molecular formula is C15H21N3O3. The monoisotopic (exact) mass is 291 g/mol. The molecule has 0 bridgehead atoms. The lowest BCUT2D eigenvalue weighted by Gasteiger charge is -2.28. The molecule has 0 saturated heterocycles. The summed E-state index contributed by atoms with van der Waals surface area (Å²) in [7, 11) is 0. The number of nitrogens with zero attached hydrogens (tertiary/aromatic N) is 2. The van der Waals surface area contributed by atoms with Gasteiger partial charge in [0.25, 0.3) is 0 Å². The molecular weight excluding hydrogens is 270 g/mol. The summed E-state index contributed by atoms with van der Waals surface area (Å²) in [5.41, 5.74) is 6.15. The van der Waals surface area contributed by atoms with E-state index < -0.39 is 0 Å². The maximum Gasteiger partial charge on any atom is 0.227 e. The topological polar surface area (TPSA) is 99.2 Å². The van der Waals surface area contributed by atoms with E-state index in [0.717, 1.165) is 25.7 Å². The van der Waals surface area contributed by atoms with Gasteiger partial charge in [0.1, 0.15) is 5.75 Å². The predicted molar refractivity (Wildman–Crippen MR) is 79.2 cm³/mol. The van der Waals surface area contributed by atoms with Gasteiger partial charge in [-0.1, -0.05) is 36.2 Å². The van der Waals surface area contributed by atoms with Crippen molar-refractivity contribution in [2.75, 3.05) is 6.54 Å². The Bertz CT molecular complexity index is 525. The largest absolute Gasteiger partial charge is 0.508 e. The maximum atomic E-state index is 12.5. The van der Waals surface area contributed by atoms with E-state index in [0.29, 0.717) is 5.56 Å². The third-order valence-corrected chi connectivity index (χ3v) is 3.88. The number of para-hydroxylation sites is 1. The number of amidine groups is 1. The molecule has 1 aromatic carbocycles. The zero-order chi connectivity index (χ0) is 15.2. The number of phenolic OH excluding ortho intramolecular Hbond substituents is 1. The van der Waals surface area contributed by atoms with Crippen molar-refractivity contribution >= 4 is 11.7 Å². The summed E-state index contributed by atoms with van der Waals surface area (Å²) in [6.45, 7) is 0.119. The van der Waals surface area contributed by atoms with Gasteiger partial charge in [0, 0.05) is 11.6 Å². The van der Waals surface area contributed by atoms with Crippen molar-refractivity contribution in [3.8, 4) is 5.75 Å². The summed E-state index contributed by atoms with van der Waals surface area (Å²) in [5, 5.41) is 21.5. The maximum absolute atomic E-state index is 12.5. The molecule has 1 saturated carbocycles. The standard InChI is InChI=1S/C15H21N3O3/c16-14(17-21)10-18(12-6-2-3-7-12)15(20)9-11-5-1-4-8-13(11)19/h1,4-5,8,12,19,21H,2-3,6-7,9-10H2,(H2,16,17). The average molecular weight is 291 g/mol. The Kier molecular flexibility index (Phi) is 5.03. The molecule has 0 atom stereocenters. The molecule has 21 heavy (non-hydrogen) atoms. The van der Waals surface area contributed by atoms with Crippen molar-refractivity contribution in [1.82, 2.24) is 4.90 Å². The van der Waals surface area contributed by atoms with Crippen LogP contribution in [0.5, 0.6) is 5.75 Å². The highest BCUT2D eigenvalue weighted by Gasteiger charge is 2.27. The van der Waals surface area contributed by atoms with Crippen molar-refractivity contribution in [3.05, 3.63) is 29.8 Å². The Labute approximate surface area is 123 Å². The van der Waals surface area contributed by atoms with Crippen LogP contribution in [0.3, 0.4) is 0 Å².